The lowest BCUT2D eigenvalue weighted by Crippen LogP contribution is -2.50. The van der Waals surface area contributed by atoms with E-state index in [2.05, 4.69) is 63.0 Å². The summed E-state index contributed by atoms with van der Waals surface area (Å²) in [5.74, 6) is 4.15. The molecular weight excluding hydrogens is 650 g/mol. The van der Waals surface area contributed by atoms with Crippen molar-refractivity contribution < 1.29 is 23.4 Å². The number of hydrogen-bond acceptors (Lipinski definition) is 8. The maximum atomic E-state index is 16.8. The monoisotopic (exact) mass is 699 g/mol. The first-order chi connectivity index (χ1) is 23.7. The number of pyridine rings is 1. The van der Waals surface area contributed by atoms with Gasteiger partial charge in [0, 0.05) is 56.0 Å². The molecule has 0 saturated carbocycles. The number of piperazine rings is 1. The van der Waals surface area contributed by atoms with E-state index < -0.39 is 19.5 Å². The van der Waals surface area contributed by atoms with Crippen molar-refractivity contribution in [3.63, 3.8) is 0 Å². The number of carbonyl (C=O) groups excluding carboxylic acids is 1. The minimum atomic E-state index is -2.06. The number of aromatic nitrogens is 3. The number of fused-ring (bicyclic) bond motifs is 2. The van der Waals surface area contributed by atoms with Gasteiger partial charge in [-0.25, -0.2) is 19.2 Å². The number of nitrogens with zero attached hydrogens (tertiary/aromatic N) is 5. The molecule has 1 amide bonds. The first-order valence-electron chi connectivity index (χ1n) is 17.4. The lowest BCUT2D eigenvalue weighted by Gasteiger charge is -2.38. The summed E-state index contributed by atoms with van der Waals surface area (Å²) in [6, 6.07) is 9.70. The second-order valence-corrected chi connectivity index (χ2v) is 20.5. The van der Waals surface area contributed by atoms with Gasteiger partial charge >= 0.3 is 6.09 Å². The van der Waals surface area contributed by atoms with Crippen LogP contribution in [0.15, 0.2) is 42.9 Å². The van der Waals surface area contributed by atoms with Crippen LogP contribution < -0.4 is 9.64 Å². The minimum Gasteiger partial charge on any atom is -0.468 e. The lowest BCUT2D eigenvalue weighted by atomic mass is 9.96. The van der Waals surface area contributed by atoms with E-state index in [9.17, 15) is 4.79 Å². The maximum absolute atomic E-state index is 16.8. The van der Waals surface area contributed by atoms with Crippen LogP contribution in [0.1, 0.15) is 67.9 Å². The van der Waals surface area contributed by atoms with Crippen molar-refractivity contribution in [3.8, 4) is 28.5 Å². The molecule has 11 heteroatoms. The maximum Gasteiger partial charge on any atom is 0.410 e. The Kier molecular flexibility index (Phi) is 11.0. The van der Waals surface area contributed by atoms with Crippen LogP contribution >= 0.6 is 0 Å². The number of rotatable bonds is 8. The highest BCUT2D eigenvalue weighted by atomic mass is 28.3. The van der Waals surface area contributed by atoms with Gasteiger partial charge in [-0.2, -0.15) is 0 Å². The molecule has 2 aromatic carbocycles. The van der Waals surface area contributed by atoms with E-state index >= 15 is 4.39 Å². The average molecular weight is 700 g/mol. The zero-order valence-corrected chi connectivity index (χ0v) is 32.1. The molecule has 0 bridgehead atoms. The number of ether oxygens (including phenoxy) is 3. The summed E-state index contributed by atoms with van der Waals surface area (Å²) in [6.45, 7) is 21.3. The van der Waals surface area contributed by atoms with E-state index in [1.807, 2.05) is 49.9 Å². The van der Waals surface area contributed by atoms with Crippen molar-refractivity contribution in [2.75, 3.05) is 45.0 Å². The largest absolute Gasteiger partial charge is 0.468 e. The summed E-state index contributed by atoms with van der Waals surface area (Å²) in [4.78, 5) is 30.0. The van der Waals surface area contributed by atoms with Gasteiger partial charge in [0.25, 0.3) is 0 Å². The van der Waals surface area contributed by atoms with Crippen molar-refractivity contribution >= 4 is 41.7 Å². The Bertz CT molecular complexity index is 1900. The fourth-order valence-electron chi connectivity index (χ4n) is 7.36. The third-order valence-corrected chi connectivity index (χ3v) is 16.0. The van der Waals surface area contributed by atoms with Gasteiger partial charge in [-0.05, 0) is 61.0 Å². The molecule has 0 N–H and O–H groups in total. The summed E-state index contributed by atoms with van der Waals surface area (Å²) in [7, 11) is -0.498. The van der Waals surface area contributed by atoms with Gasteiger partial charge in [0.1, 0.15) is 42.8 Å². The molecule has 5 rings (SSSR count). The number of amides is 1. The van der Waals surface area contributed by atoms with Gasteiger partial charge in [-0.15, -0.1) is 5.54 Å². The van der Waals surface area contributed by atoms with Gasteiger partial charge in [-0.3, -0.25) is 4.98 Å². The predicted molar refractivity (Wildman–Crippen MR) is 201 cm³/mol. The summed E-state index contributed by atoms with van der Waals surface area (Å²) in [5.41, 5.74) is 6.37. The SMILES string of the molecule is COCOc1cc(-c2ncc3c(N4CCN(C(=O)OC(C)(C)C)CC4)ncnc3c2F)c2c(C#C[Si](C(C)C)(C(C)C)C(C)C)cccc2c1. The second kappa shape index (κ2) is 14.9. The molecule has 0 spiro atoms. The summed E-state index contributed by atoms with van der Waals surface area (Å²) in [6.07, 6.45) is 2.67. The Morgan fingerprint density at radius 3 is 2.28 bits per heavy atom. The first kappa shape index (κ1) is 37.0. The zero-order chi connectivity index (χ0) is 36.4. The molecule has 50 heavy (non-hydrogen) atoms. The Morgan fingerprint density at radius 2 is 1.66 bits per heavy atom. The highest BCUT2D eigenvalue weighted by molar-refractivity contribution is 6.90. The number of methoxy groups -OCH3 is 1. The van der Waals surface area contributed by atoms with Gasteiger partial charge in [0.2, 0.25) is 0 Å². The quantitative estimate of drug-likeness (QED) is 0.103. The predicted octanol–water partition coefficient (Wildman–Crippen LogP) is 8.59. The van der Waals surface area contributed by atoms with Crippen LogP contribution in [0, 0.1) is 17.3 Å². The van der Waals surface area contributed by atoms with Gasteiger partial charge in [-0.1, -0.05) is 59.6 Å². The van der Waals surface area contributed by atoms with Crippen LogP contribution in [0.5, 0.6) is 5.75 Å². The van der Waals surface area contributed by atoms with Crippen LogP contribution in [0.2, 0.25) is 16.6 Å². The topological polar surface area (TPSA) is 89.9 Å². The number of benzene rings is 2. The Labute approximate surface area is 296 Å². The molecule has 0 radical (unpaired) electrons. The normalized spacial score (nSPS) is 14.1. The third-order valence-electron chi connectivity index (χ3n) is 9.66. The van der Waals surface area contributed by atoms with Crippen LogP contribution in [-0.2, 0) is 9.47 Å². The molecule has 266 valence electrons. The van der Waals surface area contributed by atoms with E-state index in [-0.39, 0.29) is 24.1 Å². The fraction of sp³-hybridized carbons (Fsp3) is 0.487. The molecule has 1 fully saturated rings. The van der Waals surface area contributed by atoms with E-state index in [0.717, 1.165) is 16.3 Å². The molecule has 0 unspecified atom stereocenters. The summed E-state index contributed by atoms with van der Waals surface area (Å²) in [5, 5.41) is 2.17. The van der Waals surface area contributed by atoms with E-state index in [1.165, 1.54) is 6.33 Å². The smallest absolute Gasteiger partial charge is 0.410 e. The molecule has 0 aliphatic carbocycles. The molecule has 1 saturated heterocycles. The van der Waals surface area contributed by atoms with E-state index in [1.54, 1.807) is 24.3 Å². The second-order valence-electron chi connectivity index (χ2n) is 14.9. The van der Waals surface area contributed by atoms with Crippen molar-refractivity contribution in [2.45, 2.75) is 84.5 Å². The van der Waals surface area contributed by atoms with Crippen LogP contribution in [0.4, 0.5) is 15.0 Å². The zero-order valence-electron chi connectivity index (χ0n) is 31.1. The first-order valence-corrected chi connectivity index (χ1v) is 19.6. The number of anilines is 1. The highest BCUT2D eigenvalue weighted by Crippen LogP contribution is 2.42. The molecule has 0 atom stereocenters. The summed E-state index contributed by atoms with van der Waals surface area (Å²) >= 11 is 0. The summed E-state index contributed by atoms with van der Waals surface area (Å²) < 4.78 is 33.4. The minimum absolute atomic E-state index is 0.0428. The van der Waals surface area contributed by atoms with E-state index in [0.29, 0.717) is 65.3 Å². The van der Waals surface area contributed by atoms with Crippen molar-refractivity contribution in [1.82, 2.24) is 19.9 Å². The number of hydrogen-bond donors (Lipinski definition) is 0. The van der Waals surface area contributed by atoms with Crippen LogP contribution in [0.25, 0.3) is 32.9 Å². The average Bonchev–Trinajstić information content (AvgIpc) is 3.06. The standard InChI is InChI=1S/C39H50FN5O4Si/c1-25(2)50(26(3)4,27(5)6)19-14-28-12-11-13-29-20-30(48-24-47-10)21-31(33(28)29)35-34(40)36-32(22-41-35)37(43-23-42-36)44-15-17-45(18-16-44)38(46)49-39(7,8)9/h11-13,20-23,25-27H,15-18,24H2,1-10H3. The number of halogens is 1. The molecule has 2 aromatic heterocycles. The van der Waals surface area contributed by atoms with Gasteiger partial charge in [0.05, 0.1) is 5.39 Å². The third kappa shape index (κ3) is 7.42. The molecule has 4 aromatic rings. The number of carbonyl (C=O) groups is 1. The van der Waals surface area contributed by atoms with Crippen LogP contribution in [0.3, 0.4) is 0 Å². The van der Waals surface area contributed by atoms with Gasteiger partial charge in [0.15, 0.2) is 12.6 Å². The fourth-order valence-corrected chi connectivity index (χ4v) is 12.6. The molecule has 9 nitrogen and oxygen atoms in total. The van der Waals surface area contributed by atoms with Crippen LogP contribution in [-0.4, -0.2) is 79.7 Å². The molecule has 3 heterocycles. The van der Waals surface area contributed by atoms with Crippen molar-refractivity contribution in [2.24, 2.45) is 0 Å². The Hall–Kier alpha value is -4.27. The van der Waals surface area contributed by atoms with Gasteiger partial charge < -0.3 is 24.0 Å². The molecule has 1 aliphatic heterocycles. The highest BCUT2D eigenvalue weighted by Gasteiger charge is 2.41. The lowest BCUT2D eigenvalue weighted by molar-refractivity contribution is 0.0240. The Balaban J connectivity index is 1.61. The molecular formula is C39H50FN5O4Si. The van der Waals surface area contributed by atoms with Crippen molar-refractivity contribution in [1.29, 1.82) is 0 Å². The Morgan fingerprint density at radius 1 is 0.980 bits per heavy atom. The van der Waals surface area contributed by atoms with E-state index in [4.69, 9.17) is 19.2 Å². The van der Waals surface area contributed by atoms with Crippen molar-refractivity contribution in [3.05, 3.63) is 54.2 Å². The molecule has 1 aliphatic rings.